The summed E-state index contributed by atoms with van der Waals surface area (Å²) in [7, 11) is 0. The molecule has 1 amide bonds. The fraction of sp³-hybridized carbons (Fsp3) is 0.667. The molecule has 5 nitrogen and oxygen atoms in total. The van der Waals surface area contributed by atoms with Gasteiger partial charge in [0.05, 0.1) is 13.2 Å². The topological polar surface area (TPSA) is 58.8 Å². The van der Waals surface area contributed by atoms with E-state index < -0.39 is 0 Å². The van der Waals surface area contributed by atoms with E-state index in [0.29, 0.717) is 6.54 Å². The first-order chi connectivity index (χ1) is 12.6. The van der Waals surface area contributed by atoms with Gasteiger partial charge in [0, 0.05) is 44.2 Å². The summed E-state index contributed by atoms with van der Waals surface area (Å²) in [6.07, 6.45) is 3.91. The van der Waals surface area contributed by atoms with Gasteiger partial charge < -0.3 is 15.4 Å². The van der Waals surface area contributed by atoms with Gasteiger partial charge in [0.15, 0.2) is 0 Å². The highest BCUT2D eigenvalue weighted by Gasteiger charge is 2.32. The van der Waals surface area contributed by atoms with Gasteiger partial charge in [-0.25, -0.2) is 0 Å². The first-order valence-corrected chi connectivity index (χ1v) is 10.0. The maximum absolute atomic E-state index is 13.4. The predicted octanol–water partition coefficient (Wildman–Crippen LogP) is 2.25. The Morgan fingerprint density at radius 3 is 2.69 bits per heavy atom. The lowest BCUT2D eigenvalue weighted by Gasteiger charge is -2.38. The van der Waals surface area contributed by atoms with Crippen molar-refractivity contribution in [2.75, 3.05) is 32.8 Å². The summed E-state index contributed by atoms with van der Waals surface area (Å²) in [6, 6.07) is 10.7. The van der Waals surface area contributed by atoms with Crippen LogP contribution in [0.25, 0.3) is 0 Å². The fourth-order valence-electron chi connectivity index (χ4n) is 4.17. The highest BCUT2D eigenvalue weighted by atomic mass is 16.5. The third kappa shape index (κ3) is 5.29. The number of rotatable bonds is 6. The van der Waals surface area contributed by atoms with Gasteiger partial charge in [-0.1, -0.05) is 36.8 Å². The molecule has 144 valence electrons. The van der Waals surface area contributed by atoms with Crippen molar-refractivity contribution in [3.8, 4) is 0 Å². The van der Waals surface area contributed by atoms with Gasteiger partial charge in [-0.2, -0.15) is 0 Å². The average Bonchev–Trinajstić information content (AvgIpc) is 2.67. The number of amides is 1. The minimum absolute atomic E-state index is 0.0783. The molecule has 2 N–H and O–H groups in total. The SMILES string of the molecule is CC(CN1CCOCC1)N(Cc1ccccc1)C(=O)C1CCCC(N)C1. The van der Waals surface area contributed by atoms with E-state index in [9.17, 15) is 4.79 Å². The fourth-order valence-corrected chi connectivity index (χ4v) is 4.17. The van der Waals surface area contributed by atoms with Crippen LogP contribution in [0.1, 0.15) is 38.2 Å². The largest absolute Gasteiger partial charge is 0.379 e. The van der Waals surface area contributed by atoms with E-state index in [-0.39, 0.29) is 23.9 Å². The van der Waals surface area contributed by atoms with Crippen LogP contribution in [0.5, 0.6) is 0 Å². The molecule has 26 heavy (non-hydrogen) atoms. The van der Waals surface area contributed by atoms with E-state index in [2.05, 4.69) is 28.9 Å². The van der Waals surface area contributed by atoms with Crippen LogP contribution in [0.15, 0.2) is 30.3 Å². The molecule has 3 atom stereocenters. The van der Waals surface area contributed by atoms with E-state index in [4.69, 9.17) is 10.5 Å². The van der Waals surface area contributed by atoms with Crippen molar-refractivity contribution in [3.05, 3.63) is 35.9 Å². The Morgan fingerprint density at radius 2 is 2.00 bits per heavy atom. The van der Waals surface area contributed by atoms with E-state index in [1.165, 1.54) is 5.56 Å². The average molecular weight is 360 g/mol. The highest BCUT2D eigenvalue weighted by molar-refractivity contribution is 5.79. The smallest absolute Gasteiger partial charge is 0.226 e. The molecule has 5 heteroatoms. The zero-order chi connectivity index (χ0) is 18.4. The van der Waals surface area contributed by atoms with Crippen LogP contribution >= 0.6 is 0 Å². The first-order valence-electron chi connectivity index (χ1n) is 10.0. The second kappa shape index (κ2) is 9.49. The molecule has 1 saturated heterocycles. The van der Waals surface area contributed by atoms with Gasteiger partial charge in [0.25, 0.3) is 0 Å². The minimum Gasteiger partial charge on any atom is -0.379 e. The van der Waals surface area contributed by atoms with Gasteiger partial charge in [-0.15, -0.1) is 0 Å². The van der Waals surface area contributed by atoms with Crippen molar-refractivity contribution in [1.82, 2.24) is 9.80 Å². The molecule has 0 aromatic heterocycles. The van der Waals surface area contributed by atoms with Gasteiger partial charge in [-0.05, 0) is 31.7 Å². The molecule has 2 fully saturated rings. The number of carbonyl (C=O) groups excluding carboxylic acids is 1. The normalized spacial score (nSPS) is 25.6. The van der Waals surface area contributed by atoms with Crippen LogP contribution in [0.2, 0.25) is 0 Å². The number of benzene rings is 1. The molecule has 1 aromatic rings. The van der Waals surface area contributed by atoms with Gasteiger partial charge in [0.1, 0.15) is 0 Å². The Labute approximate surface area is 157 Å². The van der Waals surface area contributed by atoms with Crippen LogP contribution in [0.4, 0.5) is 0 Å². The van der Waals surface area contributed by atoms with Crippen LogP contribution in [-0.2, 0) is 16.1 Å². The van der Waals surface area contributed by atoms with Gasteiger partial charge in [-0.3, -0.25) is 9.69 Å². The Hall–Kier alpha value is -1.43. The van der Waals surface area contributed by atoms with E-state index >= 15 is 0 Å². The quantitative estimate of drug-likeness (QED) is 0.846. The molecular weight excluding hydrogens is 326 g/mol. The number of ether oxygens (including phenoxy) is 1. The lowest BCUT2D eigenvalue weighted by Crippen LogP contribution is -2.50. The molecule has 2 aliphatic rings. The zero-order valence-electron chi connectivity index (χ0n) is 16.0. The number of nitrogens with zero attached hydrogens (tertiary/aromatic N) is 2. The molecule has 1 aliphatic carbocycles. The van der Waals surface area contributed by atoms with E-state index in [1.807, 2.05) is 18.2 Å². The number of morpholine rings is 1. The Kier molecular flexibility index (Phi) is 7.06. The molecule has 1 saturated carbocycles. The summed E-state index contributed by atoms with van der Waals surface area (Å²) < 4.78 is 5.46. The lowest BCUT2D eigenvalue weighted by atomic mass is 9.85. The summed E-state index contributed by atoms with van der Waals surface area (Å²) in [6.45, 7) is 7.24. The van der Waals surface area contributed by atoms with Crippen LogP contribution in [0.3, 0.4) is 0 Å². The van der Waals surface area contributed by atoms with Crippen molar-refractivity contribution in [2.24, 2.45) is 11.7 Å². The second-order valence-electron chi connectivity index (χ2n) is 7.84. The van der Waals surface area contributed by atoms with Crippen molar-refractivity contribution >= 4 is 5.91 Å². The summed E-state index contributed by atoms with van der Waals surface area (Å²) in [5.74, 6) is 0.361. The summed E-state index contributed by atoms with van der Waals surface area (Å²) in [5.41, 5.74) is 7.34. The maximum Gasteiger partial charge on any atom is 0.226 e. The number of hydrogen-bond acceptors (Lipinski definition) is 4. The van der Waals surface area contributed by atoms with Crippen LogP contribution in [-0.4, -0.2) is 60.6 Å². The third-order valence-electron chi connectivity index (χ3n) is 5.70. The molecule has 0 spiro atoms. The minimum atomic E-state index is 0.0783. The van der Waals surface area contributed by atoms with E-state index in [0.717, 1.165) is 58.5 Å². The molecule has 0 radical (unpaired) electrons. The Bertz CT molecular complexity index is 560. The van der Waals surface area contributed by atoms with Gasteiger partial charge >= 0.3 is 0 Å². The molecule has 1 aromatic carbocycles. The maximum atomic E-state index is 13.4. The number of hydrogen-bond donors (Lipinski definition) is 1. The molecule has 3 unspecified atom stereocenters. The van der Waals surface area contributed by atoms with Crippen molar-refractivity contribution in [2.45, 2.75) is 51.2 Å². The Morgan fingerprint density at radius 1 is 1.27 bits per heavy atom. The van der Waals surface area contributed by atoms with Crippen LogP contribution < -0.4 is 5.73 Å². The molecule has 0 bridgehead atoms. The van der Waals surface area contributed by atoms with Gasteiger partial charge in [0.2, 0.25) is 5.91 Å². The first kappa shape index (κ1) is 19.3. The monoisotopic (exact) mass is 359 g/mol. The summed E-state index contributed by atoms with van der Waals surface area (Å²) in [4.78, 5) is 17.9. The Balaban J connectivity index is 1.70. The number of carbonyl (C=O) groups is 1. The zero-order valence-corrected chi connectivity index (χ0v) is 16.0. The highest BCUT2D eigenvalue weighted by Crippen LogP contribution is 2.26. The standard InChI is InChI=1S/C21H33N3O2/c1-17(15-23-10-12-26-13-11-23)24(16-18-6-3-2-4-7-18)21(25)19-8-5-9-20(22)14-19/h2-4,6-7,17,19-20H,5,8-16,22H2,1H3. The van der Waals surface area contributed by atoms with Crippen molar-refractivity contribution in [3.63, 3.8) is 0 Å². The molecule has 1 heterocycles. The molecular formula is C21H33N3O2. The number of nitrogens with two attached hydrogens (primary N) is 1. The van der Waals surface area contributed by atoms with Crippen LogP contribution in [0, 0.1) is 5.92 Å². The molecule has 1 aliphatic heterocycles. The van der Waals surface area contributed by atoms with Crippen molar-refractivity contribution in [1.29, 1.82) is 0 Å². The lowest BCUT2D eigenvalue weighted by molar-refractivity contribution is -0.140. The molecule has 3 rings (SSSR count). The van der Waals surface area contributed by atoms with Crippen molar-refractivity contribution < 1.29 is 9.53 Å². The summed E-state index contributed by atoms with van der Waals surface area (Å²) in [5, 5.41) is 0. The predicted molar refractivity (Wildman–Crippen MR) is 104 cm³/mol. The van der Waals surface area contributed by atoms with E-state index in [1.54, 1.807) is 0 Å². The third-order valence-corrected chi connectivity index (χ3v) is 5.70. The second-order valence-corrected chi connectivity index (χ2v) is 7.84. The summed E-state index contributed by atoms with van der Waals surface area (Å²) >= 11 is 0.